The van der Waals surface area contributed by atoms with Crippen molar-refractivity contribution in [1.29, 1.82) is 0 Å². The smallest absolute Gasteiger partial charge is 0.389 e. The highest BCUT2D eigenvalue weighted by atomic mass is 19.4. The predicted molar refractivity (Wildman–Crippen MR) is 65.0 cm³/mol. The van der Waals surface area contributed by atoms with Gasteiger partial charge in [-0.15, -0.1) is 0 Å². The second kappa shape index (κ2) is 5.94. The molecule has 0 fully saturated rings. The van der Waals surface area contributed by atoms with Gasteiger partial charge < -0.3 is 5.73 Å². The third-order valence-electron chi connectivity index (χ3n) is 2.57. The van der Waals surface area contributed by atoms with E-state index in [4.69, 9.17) is 5.73 Å². The lowest BCUT2D eigenvalue weighted by Crippen LogP contribution is -2.40. The number of nitrogens with zero attached hydrogens (tertiary/aromatic N) is 2. The van der Waals surface area contributed by atoms with Gasteiger partial charge in [0.1, 0.15) is 5.69 Å². The van der Waals surface area contributed by atoms with Crippen molar-refractivity contribution < 1.29 is 13.2 Å². The summed E-state index contributed by atoms with van der Waals surface area (Å²) < 4.78 is 38.1. The molecular weight excluding hydrogens is 263 g/mol. The van der Waals surface area contributed by atoms with Crippen LogP contribution < -0.4 is 17.0 Å². The van der Waals surface area contributed by atoms with Crippen molar-refractivity contribution in [1.82, 2.24) is 9.13 Å². The SMILES string of the molecule is CCCn1cc(N)c(=O)n(CCCC(F)(F)F)c1=O. The van der Waals surface area contributed by atoms with Crippen LogP contribution in [-0.2, 0) is 13.1 Å². The maximum Gasteiger partial charge on any atom is 0.389 e. The molecule has 0 aromatic carbocycles. The van der Waals surface area contributed by atoms with Crippen LogP contribution in [0, 0.1) is 0 Å². The summed E-state index contributed by atoms with van der Waals surface area (Å²) in [5, 5.41) is 0. The average Bonchev–Trinajstić information content (AvgIpc) is 2.29. The van der Waals surface area contributed by atoms with Crippen molar-refractivity contribution in [3.8, 4) is 0 Å². The number of anilines is 1. The summed E-state index contributed by atoms with van der Waals surface area (Å²) in [6.45, 7) is 1.91. The topological polar surface area (TPSA) is 70.0 Å². The summed E-state index contributed by atoms with van der Waals surface area (Å²) in [4.78, 5) is 23.5. The van der Waals surface area contributed by atoms with Crippen LogP contribution in [0.3, 0.4) is 0 Å². The van der Waals surface area contributed by atoms with Crippen LogP contribution in [0.5, 0.6) is 0 Å². The van der Waals surface area contributed by atoms with Crippen LogP contribution in [0.25, 0.3) is 0 Å². The van der Waals surface area contributed by atoms with Crippen molar-refractivity contribution >= 4 is 5.69 Å². The minimum atomic E-state index is -4.30. The van der Waals surface area contributed by atoms with Gasteiger partial charge in [-0.05, 0) is 12.8 Å². The van der Waals surface area contributed by atoms with Gasteiger partial charge in [-0.1, -0.05) is 6.92 Å². The van der Waals surface area contributed by atoms with Crippen molar-refractivity contribution in [2.24, 2.45) is 0 Å². The zero-order valence-corrected chi connectivity index (χ0v) is 10.5. The number of aryl methyl sites for hydroxylation is 1. The molecule has 0 unspecified atom stereocenters. The van der Waals surface area contributed by atoms with E-state index in [9.17, 15) is 22.8 Å². The van der Waals surface area contributed by atoms with Gasteiger partial charge in [-0.3, -0.25) is 13.9 Å². The van der Waals surface area contributed by atoms with E-state index in [-0.39, 0.29) is 18.7 Å². The van der Waals surface area contributed by atoms with Crippen molar-refractivity contribution in [3.63, 3.8) is 0 Å². The van der Waals surface area contributed by atoms with Crippen LogP contribution in [0.4, 0.5) is 18.9 Å². The van der Waals surface area contributed by atoms with E-state index in [1.165, 1.54) is 10.8 Å². The van der Waals surface area contributed by atoms with E-state index in [1.54, 1.807) is 0 Å². The maximum absolute atomic E-state index is 12.0. The van der Waals surface area contributed by atoms with Gasteiger partial charge in [0, 0.05) is 25.7 Å². The summed E-state index contributed by atoms with van der Waals surface area (Å²) in [5.41, 5.74) is 3.97. The van der Waals surface area contributed by atoms with E-state index in [1.807, 2.05) is 6.92 Å². The Morgan fingerprint density at radius 3 is 2.42 bits per heavy atom. The Morgan fingerprint density at radius 2 is 1.89 bits per heavy atom. The largest absolute Gasteiger partial charge is 0.393 e. The summed E-state index contributed by atoms with van der Waals surface area (Å²) in [7, 11) is 0. The van der Waals surface area contributed by atoms with E-state index < -0.39 is 23.8 Å². The van der Waals surface area contributed by atoms with Crippen LogP contribution in [-0.4, -0.2) is 15.3 Å². The number of rotatable bonds is 5. The second-order valence-electron chi connectivity index (χ2n) is 4.24. The zero-order valence-electron chi connectivity index (χ0n) is 10.5. The monoisotopic (exact) mass is 279 g/mol. The zero-order chi connectivity index (χ0) is 14.6. The molecule has 0 aliphatic carbocycles. The molecule has 0 amide bonds. The lowest BCUT2D eigenvalue weighted by Gasteiger charge is -2.11. The molecule has 5 nitrogen and oxygen atoms in total. The molecular formula is C11H16F3N3O2. The molecule has 0 saturated heterocycles. The highest BCUT2D eigenvalue weighted by Crippen LogP contribution is 2.21. The van der Waals surface area contributed by atoms with Gasteiger partial charge in [-0.2, -0.15) is 13.2 Å². The molecule has 1 aromatic heterocycles. The third-order valence-corrected chi connectivity index (χ3v) is 2.57. The Labute approximate surface area is 107 Å². The molecule has 1 heterocycles. The van der Waals surface area contributed by atoms with Crippen LogP contribution in [0.15, 0.2) is 15.8 Å². The summed E-state index contributed by atoms with van der Waals surface area (Å²) in [5.74, 6) is 0. The van der Waals surface area contributed by atoms with Gasteiger partial charge in [0.25, 0.3) is 5.56 Å². The quantitative estimate of drug-likeness (QED) is 0.884. The summed E-state index contributed by atoms with van der Waals surface area (Å²) in [6, 6.07) is 0. The fraction of sp³-hybridized carbons (Fsp3) is 0.636. The fourth-order valence-corrected chi connectivity index (χ4v) is 1.71. The van der Waals surface area contributed by atoms with Crippen LogP contribution >= 0.6 is 0 Å². The highest BCUT2D eigenvalue weighted by Gasteiger charge is 2.26. The number of alkyl halides is 3. The van der Waals surface area contributed by atoms with Crippen molar-refractivity contribution in [2.75, 3.05) is 5.73 Å². The first-order chi connectivity index (χ1) is 8.76. The number of nitrogen functional groups attached to an aromatic ring is 1. The lowest BCUT2D eigenvalue weighted by molar-refractivity contribution is -0.135. The molecule has 19 heavy (non-hydrogen) atoms. The molecule has 0 aliphatic rings. The second-order valence-corrected chi connectivity index (χ2v) is 4.24. The van der Waals surface area contributed by atoms with E-state index in [0.29, 0.717) is 13.0 Å². The minimum absolute atomic E-state index is 0.139. The number of hydrogen-bond donors (Lipinski definition) is 1. The fourth-order valence-electron chi connectivity index (χ4n) is 1.71. The third kappa shape index (κ3) is 4.15. The van der Waals surface area contributed by atoms with E-state index in [2.05, 4.69) is 0 Å². The number of hydrogen-bond acceptors (Lipinski definition) is 3. The maximum atomic E-state index is 12.0. The molecule has 2 N–H and O–H groups in total. The number of halogens is 3. The Kier molecular flexibility index (Phi) is 4.79. The molecule has 0 spiro atoms. The van der Waals surface area contributed by atoms with E-state index in [0.717, 1.165) is 4.57 Å². The molecule has 108 valence electrons. The number of nitrogens with two attached hydrogens (primary N) is 1. The normalized spacial score (nSPS) is 11.8. The molecule has 1 rings (SSSR count). The van der Waals surface area contributed by atoms with Crippen molar-refractivity contribution in [3.05, 3.63) is 27.0 Å². The lowest BCUT2D eigenvalue weighted by atomic mass is 10.3. The summed E-state index contributed by atoms with van der Waals surface area (Å²) >= 11 is 0. The minimum Gasteiger partial charge on any atom is -0.393 e. The Balaban J connectivity index is 2.99. The first-order valence-electron chi connectivity index (χ1n) is 5.92. The first-order valence-corrected chi connectivity index (χ1v) is 5.92. The van der Waals surface area contributed by atoms with Gasteiger partial charge in [0.2, 0.25) is 0 Å². The van der Waals surface area contributed by atoms with Crippen LogP contribution in [0.2, 0.25) is 0 Å². The standard InChI is InChI=1S/C11H16F3N3O2/c1-2-5-16-7-8(15)9(18)17(10(16)19)6-3-4-11(12,13)14/h7H,2-6,15H2,1H3. The predicted octanol–water partition coefficient (Wildman–Crippen LogP) is 1.34. The van der Waals surface area contributed by atoms with Gasteiger partial charge in [0.15, 0.2) is 0 Å². The molecule has 0 aliphatic heterocycles. The first kappa shape index (κ1) is 15.3. The highest BCUT2D eigenvalue weighted by molar-refractivity contribution is 5.30. The van der Waals surface area contributed by atoms with E-state index >= 15 is 0 Å². The van der Waals surface area contributed by atoms with Gasteiger partial charge >= 0.3 is 11.9 Å². The van der Waals surface area contributed by atoms with Crippen molar-refractivity contribution in [2.45, 2.75) is 45.5 Å². The number of aromatic nitrogens is 2. The van der Waals surface area contributed by atoms with Gasteiger partial charge in [0.05, 0.1) is 0 Å². The average molecular weight is 279 g/mol. The Morgan fingerprint density at radius 1 is 1.26 bits per heavy atom. The molecule has 1 aromatic rings. The molecule has 0 bridgehead atoms. The summed E-state index contributed by atoms with van der Waals surface area (Å²) in [6.07, 6.45) is -3.78. The molecule has 0 atom stereocenters. The van der Waals surface area contributed by atoms with Gasteiger partial charge in [-0.25, -0.2) is 4.79 Å². The van der Waals surface area contributed by atoms with Crippen LogP contribution in [0.1, 0.15) is 26.2 Å². The molecule has 0 radical (unpaired) electrons. The molecule has 8 heteroatoms. The Hall–Kier alpha value is -1.73. The molecule has 0 saturated carbocycles. The Bertz CT molecular complexity index is 546.